The summed E-state index contributed by atoms with van der Waals surface area (Å²) in [5.74, 6) is 0.659. The van der Waals surface area contributed by atoms with Crippen LogP contribution in [0.25, 0.3) is 0 Å². The van der Waals surface area contributed by atoms with Crippen molar-refractivity contribution in [1.29, 1.82) is 0 Å². The van der Waals surface area contributed by atoms with Gasteiger partial charge in [-0.2, -0.15) is 10.2 Å². The number of nitrogens with one attached hydrogen (secondary N) is 1. The fourth-order valence-corrected chi connectivity index (χ4v) is 3.75. The van der Waals surface area contributed by atoms with E-state index in [0.717, 1.165) is 5.56 Å². The number of alkyl halides is 2. The SMILES string of the molecule is Cc1cc(C(F)F)nn1C(C)c1nnc(Nc2ccn(Cc3ccccc3)n2)s1. The Morgan fingerprint density at radius 1 is 1.10 bits per heavy atom. The highest BCUT2D eigenvalue weighted by atomic mass is 32.1. The molecule has 0 fully saturated rings. The summed E-state index contributed by atoms with van der Waals surface area (Å²) < 4.78 is 29.2. The van der Waals surface area contributed by atoms with Crippen LogP contribution in [0.15, 0.2) is 48.7 Å². The molecule has 0 saturated carbocycles. The third-order valence-electron chi connectivity index (χ3n) is 4.39. The van der Waals surface area contributed by atoms with Gasteiger partial charge in [0.2, 0.25) is 5.13 Å². The van der Waals surface area contributed by atoms with Gasteiger partial charge in [-0.15, -0.1) is 10.2 Å². The first-order chi connectivity index (χ1) is 14.0. The molecule has 3 heterocycles. The van der Waals surface area contributed by atoms with E-state index in [0.29, 0.717) is 28.2 Å². The number of halogens is 2. The van der Waals surface area contributed by atoms with Crippen molar-refractivity contribution in [2.24, 2.45) is 0 Å². The Bertz CT molecular complexity index is 1090. The third-order valence-corrected chi connectivity index (χ3v) is 5.40. The lowest BCUT2D eigenvalue weighted by atomic mass is 10.2. The minimum absolute atomic E-state index is 0.235. The molecule has 29 heavy (non-hydrogen) atoms. The second-order valence-corrected chi connectivity index (χ2v) is 7.60. The maximum absolute atomic E-state index is 12.9. The molecule has 0 amide bonds. The smallest absolute Gasteiger partial charge is 0.282 e. The van der Waals surface area contributed by atoms with Crippen LogP contribution < -0.4 is 5.32 Å². The summed E-state index contributed by atoms with van der Waals surface area (Å²) in [6.45, 7) is 4.27. The lowest BCUT2D eigenvalue weighted by Crippen LogP contribution is -2.10. The van der Waals surface area contributed by atoms with Gasteiger partial charge in [-0.25, -0.2) is 8.78 Å². The van der Waals surface area contributed by atoms with Crippen LogP contribution in [0, 0.1) is 6.92 Å². The fourth-order valence-electron chi connectivity index (χ4n) is 2.97. The quantitative estimate of drug-likeness (QED) is 0.478. The van der Waals surface area contributed by atoms with Crippen LogP contribution in [0.1, 0.15) is 41.3 Å². The van der Waals surface area contributed by atoms with Gasteiger partial charge in [0, 0.05) is 18.0 Å². The van der Waals surface area contributed by atoms with E-state index in [-0.39, 0.29) is 11.7 Å². The van der Waals surface area contributed by atoms with Crippen LogP contribution in [-0.2, 0) is 6.54 Å². The second kappa shape index (κ2) is 8.08. The van der Waals surface area contributed by atoms with Gasteiger partial charge >= 0.3 is 0 Å². The van der Waals surface area contributed by atoms with Crippen molar-refractivity contribution < 1.29 is 8.78 Å². The zero-order valence-electron chi connectivity index (χ0n) is 15.8. The van der Waals surface area contributed by atoms with E-state index in [4.69, 9.17) is 0 Å². The molecule has 0 saturated heterocycles. The fraction of sp³-hybridized carbons (Fsp3) is 0.263. The lowest BCUT2D eigenvalue weighted by Gasteiger charge is -2.10. The first kappa shape index (κ1) is 19.2. The van der Waals surface area contributed by atoms with Crippen molar-refractivity contribution in [2.75, 3.05) is 5.32 Å². The van der Waals surface area contributed by atoms with E-state index in [1.807, 2.05) is 54.2 Å². The predicted molar refractivity (Wildman–Crippen MR) is 107 cm³/mol. The highest BCUT2D eigenvalue weighted by Gasteiger charge is 2.20. The van der Waals surface area contributed by atoms with Gasteiger partial charge in [0.15, 0.2) is 5.82 Å². The van der Waals surface area contributed by atoms with Crippen molar-refractivity contribution in [3.63, 3.8) is 0 Å². The van der Waals surface area contributed by atoms with E-state index < -0.39 is 6.43 Å². The average molecular weight is 415 g/mol. The molecule has 0 bridgehead atoms. The Kier molecular flexibility index (Phi) is 5.34. The molecule has 0 spiro atoms. The number of benzene rings is 1. The first-order valence-corrected chi connectivity index (χ1v) is 9.83. The summed E-state index contributed by atoms with van der Waals surface area (Å²) in [6, 6.07) is 13.0. The van der Waals surface area contributed by atoms with E-state index in [1.54, 1.807) is 11.6 Å². The minimum Gasteiger partial charge on any atom is -0.313 e. The number of rotatable bonds is 7. The van der Waals surface area contributed by atoms with Crippen molar-refractivity contribution in [2.45, 2.75) is 32.9 Å². The van der Waals surface area contributed by atoms with Crippen molar-refractivity contribution in [1.82, 2.24) is 29.8 Å². The maximum Gasteiger partial charge on any atom is 0.282 e. The molecular formula is C19H19F2N7S. The van der Waals surface area contributed by atoms with Gasteiger partial charge in [0.1, 0.15) is 16.7 Å². The molecule has 4 aromatic rings. The molecule has 1 N–H and O–H groups in total. The summed E-state index contributed by atoms with van der Waals surface area (Å²) in [4.78, 5) is 0. The van der Waals surface area contributed by atoms with E-state index in [2.05, 4.69) is 25.7 Å². The normalized spacial score (nSPS) is 12.4. The molecule has 3 aromatic heterocycles. The van der Waals surface area contributed by atoms with Gasteiger partial charge in [0.25, 0.3) is 6.43 Å². The standard InChI is InChI=1S/C19H19F2N7S/c1-12-10-15(17(20)21)25-28(12)13(2)18-23-24-19(29-18)22-16-8-9-27(26-16)11-14-6-4-3-5-7-14/h3-10,13,17H,11H2,1-2H3,(H,22,24,26). The van der Waals surface area contributed by atoms with Crippen LogP contribution in [0.3, 0.4) is 0 Å². The van der Waals surface area contributed by atoms with Gasteiger partial charge < -0.3 is 5.32 Å². The van der Waals surface area contributed by atoms with Crippen LogP contribution in [0.5, 0.6) is 0 Å². The molecule has 0 aliphatic rings. The monoisotopic (exact) mass is 415 g/mol. The Balaban J connectivity index is 1.44. The largest absolute Gasteiger partial charge is 0.313 e. The number of aryl methyl sites for hydroxylation is 1. The number of hydrogen-bond donors (Lipinski definition) is 1. The molecule has 0 radical (unpaired) electrons. The zero-order valence-corrected chi connectivity index (χ0v) is 16.6. The van der Waals surface area contributed by atoms with Gasteiger partial charge in [-0.1, -0.05) is 41.7 Å². The lowest BCUT2D eigenvalue weighted by molar-refractivity contribution is 0.145. The van der Waals surface area contributed by atoms with Crippen molar-refractivity contribution >= 4 is 22.3 Å². The summed E-state index contributed by atoms with van der Waals surface area (Å²) in [5.41, 5.74) is 1.57. The molecule has 0 aliphatic carbocycles. The van der Waals surface area contributed by atoms with Crippen LogP contribution in [0.4, 0.5) is 19.7 Å². The Morgan fingerprint density at radius 2 is 1.90 bits per heavy atom. The summed E-state index contributed by atoms with van der Waals surface area (Å²) in [7, 11) is 0. The third kappa shape index (κ3) is 4.32. The van der Waals surface area contributed by atoms with Gasteiger partial charge in [-0.05, 0) is 25.5 Å². The van der Waals surface area contributed by atoms with Crippen LogP contribution >= 0.6 is 11.3 Å². The first-order valence-electron chi connectivity index (χ1n) is 9.01. The van der Waals surface area contributed by atoms with Gasteiger partial charge in [-0.3, -0.25) is 9.36 Å². The molecule has 1 atom stereocenters. The summed E-state index contributed by atoms with van der Waals surface area (Å²) in [6.07, 6.45) is -0.710. The molecule has 10 heteroatoms. The van der Waals surface area contributed by atoms with E-state index in [1.165, 1.54) is 17.4 Å². The van der Waals surface area contributed by atoms with Gasteiger partial charge in [0.05, 0.1) is 6.54 Å². The molecule has 1 unspecified atom stereocenters. The number of nitrogens with zero attached hydrogens (tertiary/aromatic N) is 6. The van der Waals surface area contributed by atoms with Crippen molar-refractivity contribution in [3.05, 3.63) is 70.6 Å². The highest BCUT2D eigenvalue weighted by molar-refractivity contribution is 7.15. The number of hydrogen-bond acceptors (Lipinski definition) is 6. The number of aromatic nitrogens is 6. The Hall–Kier alpha value is -3.14. The van der Waals surface area contributed by atoms with Crippen LogP contribution in [0.2, 0.25) is 0 Å². The molecule has 7 nitrogen and oxygen atoms in total. The van der Waals surface area contributed by atoms with E-state index in [9.17, 15) is 8.78 Å². The molecule has 4 rings (SSSR count). The molecule has 0 aliphatic heterocycles. The Labute approximate surface area is 170 Å². The van der Waals surface area contributed by atoms with E-state index >= 15 is 0 Å². The molecular weight excluding hydrogens is 396 g/mol. The van der Waals surface area contributed by atoms with Crippen LogP contribution in [-0.4, -0.2) is 29.8 Å². The average Bonchev–Trinajstić information content (AvgIpc) is 3.43. The minimum atomic E-state index is -2.60. The maximum atomic E-state index is 12.9. The Morgan fingerprint density at radius 3 is 2.62 bits per heavy atom. The summed E-state index contributed by atoms with van der Waals surface area (Å²) >= 11 is 1.34. The second-order valence-electron chi connectivity index (χ2n) is 6.59. The van der Waals surface area contributed by atoms with Crippen molar-refractivity contribution in [3.8, 4) is 0 Å². The summed E-state index contributed by atoms with van der Waals surface area (Å²) in [5, 5.41) is 21.2. The number of anilines is 2. The topological polar surface area (TPSA) is 73.5 Å². The predicted octanol–water partition coefficient (Wildman–Crippen LogP) is 4.58. The highest BCUT2D eigenvalue weighted by Crippen LogP contribution is 2.28. The zero-order chi connectivity index (χ0) is 20.4. The molecule has 150 valence electrons. The molecule has 1 aromatic carbocycles.